The van der Waals surface area contributed by atoms with Gasteiger partial charge in [-0.2, -0.15) is 0 Å². The second kappa shape index (κ2) is 5.97. The Morgan fingerprint density at radius 3 is 2.95 bits per heavy atom. The van der Waals surface area contributed by atoms with Gasteiger partial charge in [-0.3, -0.25) is 4.79 Å². The molecule has 0 spiro atoms. The Morgan fingerprint density at radius 1 is 1.45 bits per heavy atom. The fourth-order valence-corrected chi connectivity index (χ4v) is 2.98. The Morgan fingerprint density at radius 2 is 2.30 bits per heavy atom. The van der Waals surface area contributed by atoms with Crippen molar-refractivity contribution in [1.29, 1.82) is 0 Å². The first-order valence-corrected chi connectivity index (χ1v) is 7.60. The van der Waals surface area contributed by atoms with Crippen LogP contribution in [-0.2, 0) is 0 Å². The highest BCUT2D eigenvalue weighted by Gasteiger charge is 2.29. The lowest BCUT2D eigenvalue weighted by Crippen LogP contribution is -2.43. The highest BCUT2D eigenvalue weighted by molar-refractivity contribution is 5.93. The van der Waals surface area contributed by atoms with Crippen LogP contribution in [0, 0.1) is 0 Å². The monoisotopic (exact) mass is 277 g/mol. The summed E-state index contributed by atoms with van der Waals surface area (Å²) in [6.07, 6.45) is 6.61. The number of hydrogen-bond acceptors (Lipinski definition) is 3. The topological polar surface area (TPSA) is 57.5 Å². The van der Waals surface area contributed by atoms with Crippen molar-refractivity contribution < 1.29 is 9.90 Å². The normalized spacial score (nSPS) is 22.1. The second-order valence-electron chi connectivity index (χ2n) is 5.80. The van der Waals surface area contributed by atoms with E-state index in [1.165, 1.54) is 19.3 Å². The van der Waals surface area contributed by atoms with Gasteiger partial charge in [-0.25, -0.2) is 0 Å². The van der Waals surface area contributed by atoms with E-state index in [2.05, 4.69) is 9.88 Å². The zero-order valence-corrected chi connectivity index (χ0v) is 11.8. The van der Waals surface area contributed by atoms with Crippen LogP contribution in [0.4, 0.5) is 0 Å². The van der Waals surface area contributed by atoms with Crippen LogP contribution in [0.15, 0.2) is 18.3 Å². The minimum atomic E-state index is 0.0165. The molecule has 1 atom stereocenters. The molecule has 5 heteroatoms. The maximum Gasteiger partial charge on any atom is 0.270 e. The molecule has 20 heavy (non-hydrogen) atoms. The molecule has 1 amide bonds. The summed E-state index contributed by atoms with van der Waals surface area (Å²) in [6.45, 7) is 2.15. The number of nitrogens with zero attached hydrogens (tertiary/aromatic N) is 2. The molecule has 1 aromatic heterocycles. The van der Waals surface area contributed by atoms with Gasteiger partial charge in [0.15, 0.2) is 0 Å². The van der Waals surface area contributed by atoms with Gasteiger partial charge in [-0.05, 0) is 44.4 Å². The Bertz CT molecular complexity index is 461. The van der Waals surface area contributed by atoms with Crippen molar-refractivity contribution in [2.24, 2.45) is 0 Å². The molecule has 2 N–H and O–H groups in total. The third-order valence-electron chi connectivity index (χ3n) is 4.20. The van der Waals surface area contributed by atoms with Crippen LogP contribution in [0.1, 0.15) is 42.2 Å². The Hall–Kier alpha value is -1.33. The largest absolute Gasteiger partial charge is 0.395 e. The first-order valence-electron chi connectivity index (χ1n) is 7.60. The third-order valence-corrected chi connectivity index (χ3v) is 4.20. The van der Waals surface area contributed by atoms with Gasteiger partial charge in [-0.15, -0.1) is 0 Å². The summed E-state index contributed by atoms with van der Waals surface area (Å²) in [5.41, 5.74) is 0.763. The minimum absolute atomic E-state index is 0.0165. The van der Waals surface area contributed by atoms with E-state index < -0.39 is 0 Å². The molecule has 1 saturated heterocycles. The summed E-state index contributed by atoms with van der Waals surface area (Å²) >= 11 is 0. The summed E-state index contributed by atoms with van der Waals surface area (Å²) in [5.74, 6) is 0.0460. The zero-order chi connectivity index (χ0) is 13.9. The number of carbonyl (C=O) groups is 1. The standard InChI is InChI=1S/C15H23N3O2/c19-10-9-17(11-12-3-1-7-16-12)15(20)14-4-2-8-18(14)13-5-6-13/h2,4,8,12-13,16,19H,1,3,5-7,9-11H2. The molecule has 0 bridgehead atoms. The molecule has 1 aliphatic carbocycles. The van der Waals surface area contributed by atoms with Gasteiger partial charge < -0.3 is 19.9 Å². The van der Waals surface area contributed by atoms with Crippen LogP contribution in [0.5, 0.6) is 0 Å². The van der Waals surface area contributed by atoms with Crippen molar-refractivity contribution >= 4 is 5.91 Å². The first kappa shape index (κ1) is 13.6. The number of aliphatic hydroxyl groups is 1. The number of rotatable bonds is 6. The van der Waals surface area contributed by atoms with Crippen LogP contribution in [0.25, 0.3) is 0 Å². The molecule has 2 aliphatic rings. The van der Waals surface area contributed by atoms with Crippen molar-refractivity contribution in [3.63, 3.8) is 0 Å². The van der Waals surface area contributed by atoms with Crippen LogP contribution in [-0.4, -0.2) is 52.8 Å². The number of amides is 1. The molecule has 1 aliphatic heterocycles. The second-order valence-corrected chi connectivity index (χ2v) is 5.80. The fourth-order valence-electron chi connectivity index (χ4n) is 2.98. The molecule has 2 heterocycles. The van der Waals surface area contributed by atoms with Crippen molar-refractivity contribution in [3.8, 4) is 0 Å². The van der Waals surface area contributed by atoms with Gasteiger partial charge >= 0.3 is 0 Å². The third kappa shape index (κ3) is 2.88. The number of aromatic nitrogens is 1. The van der Waals surface area contributed by atoms with Crippen molar-refractivity contribution in [1.82, 2.24) is 14.8 Å². The number of aliphatic hydroxyl groups excluding tert-OH is 1. The maximum atomic E-state index is 12.7. The highest BCUT2D eigenvalue weighted by atomic mass is 16.3. The van der Waals surface area contributed by atoms with Gasteiger partial charge in [0, 0.05) is 31.4 Å². The van der Waals surface area contributed by atoms with Crippen LogP contribution in [0.2, 0.25) is 0 Å². The molecular formula is C15H23N3O2. The van der Waals surface area contributed by atoms with E-state index in [1.807, 2.05) is 18.3 Å². The summed E-state index contributed by atoms with van der Waals surface area (Å²) in [4.78, 5) is 14.5. The number of hydrogen-bond donors (Lipinski definition) is 2. The zero-order valence-electron chi connectivity index (χ0n) is 11.8. The van der Waals surface area contributed by atoms with E-state index in [-0.39, 0.29) is 12.5 Å². The Balaban J connectivity index is 1.71. The van der Waals surface area contributed by atoms with Crippen molar-refractivity contribution in [2.45, 2.75) is 37.8 Å². The molecule has 0 radical (unpaired) electrons. The van der Waals surface area contributed by atoms with Gasteiger partial charge in [0.05, 0.1) is 6.61 Å². The molecule has 5 nitrogen and oxygen atoms in total. The van der Waals surface area contributed by atoms with Gasteiger partial charge in [0.25, 0.3) is 5.91 Å². The van der Waals surface area contributed by atoms with E-state index in [1.54, 1.807) is 4.90 Å². The molecule has 1 aromatic rings. The van der Waals surface area contributed by atoms with E-state index in [4.69, 9.17) is 0 Å². The van der Waals surface area contributed by atoms with Crippen LogP contribution in [0.3, 0.4) is 0 Å². The summed E-state index contributed by atoms with van der Waals surface area (Å²) in [6, 6.07) is 4.71. The number of nitrogens with one attached hydrogen (secondary N) is 1. The molecule has 1 unspecified atom stereocenters. The lowest BCUT2D eigenvalue weighted by atomic mass is 10.2. The Labute approximate surface area is 119 Å². The van der Waals surface area contributed by atoms with Gasteiger partial charge in [-0.1, -0.05) is 0 Å². The molecule has 1 saturated carbocycles. The van der Waals surface area contributed by atoms with Crippen molar-refractivity contribution in [2.75, 3.05) is 26.2 Å². The van der Waals surface area contributed by atoms with Crippen molar-refractivity contribution in [3.05, 3.63) is 24.0 Å². The minimum Gasteiger partial charge on any atom is -0.395 e. The first-order chi connectivity index (χ1) is 9.79. The molecule has 110 valence electrons. The molecule has 0 aromatic carbocycles. The number of carbonyl (C=O) groups excluding carboxylic acids is 1. The average molecular weight is 277 g/mol. The summed E-state index contributed by atoms with van der Waals surface area (Å²) in [5, 5.41) is 12.6. The van der Waals surface area contributed by atoms with E-state index >= 15 is 0 Å². The van der Waals surface area contributed by atoms with Crippen LogP contribution >= 0.6 is 0 Å². The van der Waals surface area contributed by atoms with Gasteiger partial charge in [0.2, 0.25) is 0 Å². The molecule has 3 rings (SSSR count). The average Bonchev–Trinajstić information content (AvgIpc) is 2.97. The Kier molecular flexibility index (Phi) is 4.08. The van der Waals surface area contributed by atoms with Crippen LogP contribution < -0.4 is 5.32 Å². The molecular weight excluding hydrogens is 254 g/mol. The SMILES string of the molecule is O=C(c1cccn1C1CC1)N(CCO)CC1CCCN1. The van der Waals surface area contributed by atoms with Gasteiger partial charge in [0.1, 0.15) is 5.69 Å². The lowest BCUT2D eigenvalue weighted by molar-refractivity contribution is 0.0695. The van der Waals surface area contributed by atoms with E-state index in [9.17, 15) is 9.90 Å². The lowest BCUT2D eigenvalue weighted by Gasteiger charge is -2.25. The maximum absolute atomic E-state index is 12.7. The molecule has 2 fully saturated rings. The fraction of sp³-hybridized carbons (Fsp3) is 0.667. The van der Waals surface area contributed by atoms with E-state index in [0.29, 0.717) is 25.2 Å². The smallest absolute Gasteiger partial charge is 0.270 e. The quantitative estimate of drug-likeness (QED) is 0.816. The predicted octanol–water partition coefficient (Wildman–Crippen LogP) is 1.01. The predicted molar refractivity (Wildman–Crippen MR) is 76.7 cm³/mol. The highest BCUT2D eigenvalue weighted by Crippen LogP contribution is 2.36. The summed E-state index contributed by atoms with van der Waals surface area (Å²) in [7, 11) is 0. The van der Waals surface area contributed by atoms with E-state index in [0.717, 1.165) is 18.7 Å². The summed E-state index contributed by atoms with van der Waals surface area (Å²) < 4.78 is 2.09.